The molecule has 0 amide bonds. The molecule has 0 bridgehead atoms. The molecule has 2 aliphatic rings. The minimum Gasteiger partial charge on any atom is -0.490 e. The highest BCUT2D eigenvalue weighted by Crippen LogP contribution is 2.45. The van der Waals surface area contributed by atoms with E-state index in [-0.39, 0.29) is 33.9 Å². The van der Waals surface area contributed by atoms with Crippen LogP contribution in [0.3, 0.4) is 0 Å². The Balaban J connectivity index is 1.64. The molecule has 0 saturated carbocycles. The van der Waals surface area contributed by atoms with Crippen LogP contribution in [-0.2, 0) is 38.2 Å². The maximum Gasteiger partial charge on any atom is 0.126 e. The summed E-state index contributed by atoms with van der Waals surface area (Å²) in [6.45, 7) is 29.8. The number of aromatic nitrogens is 2. The Morgan fingerprint density at radius 3 is 1.27 bits per heavy atom. The average Bonchev–Trinajstić information content (AvgIpc) is 3.82. The fourth-order valence-electron chi connectivity index (χ4n) is 5.65. The van der Waals surface area contributed by atoms with Gasteiger partial charge in [0.05, 0.1) is 24.6 Å². The second kappa shape index (κ2) is 11.2. The molecule has 2 unspecified atom stereocenters. The highest BCUT2D eigenvalue weighted by Gasteiger charge is 2.33. The van der Waals surface area contributed by atoms with E-state index in [1.807, 2.05) is 11.7 Å². The van der Waals surface area contributed by atoms with E-state index in [0.29, 0.717) is 13.2 Å². The van der Waals surface area contributed by atoms with E-state index in [2.05, 4.69) is 113 Å². The predicted octanol–water partition coefficient (Wildman–Crippen LogP) is 8.50. The van der Waals surface area contributed by atoms with Crippen LogP contribution in [0, 0.1) is 0 Å². The zero-order valence-corrected chi connectivity index (χ0v) is 29.4. The molecule has 0 radical (unpaired) electrons. The van der Waals surface area contributed by atoms with Crippen molar-refractivity contribution in [1.29, 1.82) is 0 Å². The maximum atomic E-state index is 6.51. The smallest absolute Gasteiger partial charge is 0.126 e. The summed E-state index contributed by atoms with van der Waals surface area (Å²) < 4.78 is 26.0. The Kier molecular flexibility index (Phi) is 8.29. The van der Waals surface area contributed by atoms with Crippen LogP contribution in [0.2, 0.25) is 0 Å². The number of ether oxygens (including phenoxy) is 4. The summed E-state index contributed by atoms with van der Waals surface area (Å²) in [5.74, 6) is 1.97. The van der Waals surface area contributed by atoms with Crippen molar-refractivity contribution in [2.24, 2.45) is 7.05 Å². The van der Waals surface area contributed by atoms with Gasteiger partial charge in [-0.25, -0.2) is 0 Å². The van der Waals surface area contributed by atoms with E-state index in [0.717, 1.165) is 47.2 Å². The largest absolute Gasteiger partial charge is 0.490 e. The molecule has 2 aliphatic heterocycles. The van der Waals surface area contributed by atoms with Crippen molar-refractivity contribution < 1.29 is 18.9 Å². The Morgan fingerprint density at radius 1 is 0.614 bits per heavy atom. The van der Waals surface area contributed by atoms with Gasteiger partial charge in [-0.2, -0.15) is 5.10 Å². The molecule has 6 heteroatoms. The molecule has 0 N–H and O–H groups in total. The van der Waals surface area contributed by atoms with Gasteiger partial charge in [0.1, 0.15) is 36.9 Å². The van der Waals surface area contributed by atoms with Crippen LogP contribution < -0.4 is 9.47 Å². The average molecular weight is 603 g/mol. The van der Waals surface area contributed by atoms with Crippen LogP contribution in [-0.4, -0.2) is 48.4 Å². The summed E-state index contributed by atoms with van der Waals surface area (Å²) in [6.07, 6.45) is 0.397. The van der Waals surface area contributed by atoms with Crippen LogP contribution in [0.5, 0.6) is 11.5 Å². The van der Waals surface area contributed by atoms with Crippen molar-refractivity contribution in [3.05, 3.63) is 52.6 Å². The SMILES string of the molecule is Cn1nc(-c2cc(C(C)(C)C)c(OCC3CO3)c(C(C)(C)C)c2)cc1-c1cc(C(C)(C)C)c(OCC2CO2)c(C(C)(C)C)c1. The monoisotopic (exact) mass is 602 g/mol. The fourth-order valence-corrected chi connectivity index (χ4v) is 5.65. The van der Waals surface area contributed by atoms with Crippen LogP contribution in [0.15, 0.2) is 30.3 Å². The minimum atomic E-state index is -0.113. The zero-order chi connectivity index (χ0) is 32.4. The van der Waals surface area contributed by atoms with Gasteiger partial charge in [0.25, 0.3) is 0 Å². The Hall–Kier alpha value is -2.83. The number of epoxide rings is 2. The quantitative estimate of drug-likeness (QED) is 0.242. The van der Waals surface area contributed by atoms with Gasteiger partial charge in [-0.05, 0) is 52.0 Å². The molecule has 2 saturated heterocycles. The highest BCUT2D eigenvalue weighted by atomic mass is 16.6. The number of rotatable bonds is 8. The highest BCUT2D eigenvalue weighted by molar-refractivity contribution is 5.74. The Morgan fingerprint density at radius 2 is 0.955 bits per heavy atom. The molecule has 0 aliphatic carbocycles. The molecule has 2 fully saturated rings. The van der Waals surface area contributed by atoms with Crippen LogP contribution in [0.25, 0.3) is 22.5 Å². The van der Waals surface area contributed by atoms with Gasteiger partial charge in [0.15, 0.2) is 0 Å². The second-order valence-corrected chi connectivity index (χ2v) is 16.9. The zero-order valence-electron chi connectivity index (χ0n) is 29.4. The Bertz CT molecular complexity index is 1440. The molecule has 1 aromatic heterocycles. The molecule has 3 aromatic rings. The van der Waals surface area contributed by atoms with Gasteiger partial charge in [0, 0.05) is 40.4 Å². The third-order valence-electron chi connectivity index (χ3n) is 8.51. The summed E-state index contributed by atoms with van der Waals surface area (Å²) >= 11 is 0. The second-order valence-electron chi connectivity index (χ2n) is 16.9. The molecule has 2 aromatic carbocycles. The van der Waals surface area contributed by atoms with Gasteiger partial charge in [-0.1, -0.05) is 83.1 Å². The first-order valence-corrected chi connectivity index (χ1v) is 16.1. The number of benzene rings is 2. The first kappa shape index (κ1) is 32.6. The lowest BCUT2D eigenvalue weighted by Crippen LogP contribution is -2.21. The van der Waals surface area contributed by atoms with E-state index in [4.69, 9.17) is 24.0 Å². The first-order chi connectivity index (χ1) is 20.2. The summed E-state index contributed by atoms with van der Waals surface area (Å²) in [6, 6.07) is 11.4. The van der Waals surface area contributed by atoms with E-state index in [9.17, 15) is 0 Å². The number of hydrogen-bond acceptors (Lipinski definition) is 5. The Labute approximate surface area is 265 Å². The molecule has 2 atom stereocenters. The molecule has 0 spiro atoms. The summed E-state index contributed by atoms with van der Waals surface area (Å²) in [5, 5.41) is 5.10. The van der Waals surface area contributed by atoms with Gasteiger partial charge in [-0.15, -0.1) is 0 Å². The predicted molar refractivity (Wildman–Crippen MR) is 179 cm³/mol. The normalized spacial score (nSPS) is 18.8. The van der Waals surface area contributed by atoms with E-state index in [1.165, 1.54) is 22.3 Å². The topological polar surface area (TPSA) is 61.3 Å². The lowest BCUT2D eigenvalue weighted by atomic mass is 9.77. The van der Waals surface area contributed by atoms with Gasteiger partial charge in [-0.3, -0.25) is 4.68 Å². The fraction of sp³-hybridized carbons (Fsp3) is 0.605. The number of hydrogen-bond donors (Lipinski definition) is 0. The van der Waals surface area contributed by atoms with E-state index < -0.39 is 0 Å². The van der Waals surface area contributed by atoms with E-state index >= 15 is 0 Å². The summed E-state index contributed by atoms with van der Waals surface area (Å²) in [7, 11) is 2.05. The molecule has 44 heavy (non-hydrogen) atoms. The van der Waals surface area contributed by atoms with Gasteiger partial charge in [0.2, 0.25) is 0 Å². The lowest BCUT2D eigenvalue weighted by molar-refractivity contribution is 0.253. The maximum absolute atomic E-state index is 6.51. The van der Waals surface area contributed by atoms with Crippen molar-refractivity contribution in [3.8, 4) is 34.0 Å². The van der Waals surface area contributed by atoms with Crippen LogP contribution in [0.1, 0.15) is 105 Å². The number of aryl methyl sites for hydroxylation is 1. The standard InChI is InChI=1S/C38H54N2O4/c1-35(2,3)27-14-23(15-28(36(4,5)6)33(27)43-21-25-19-41-25)31-18-32(40(13)39-31)24-16-29(37(7,8)9)34(44-22-26-20-42-26)30(17-24)38(10,11)12/h14-18,25-26H,19-22H2,1-13H3. The third kappa shape index (κ3) is 7.18. The lowest BCUT2D eigenvalue weighted by Gasteiger charge is -2.30. The molecule has 5 rings (SSSR count). The van der Waals surface area contributed by atoms with Crippen molar-refractivity contribution in [3.63, 3.8) is 0 Å². The van der Waals surface area contributed by atoms with Crippen molar-refractivity contribution >= 4 is 0 Å². The van der Waals surface area contributed by atoms with Crippen molar-refractivity contribution in [2.75, 3.05) is 26.4 Å². The van der Waals surface area contributed by atoms with Gasteiger partial charge < -0.3 is 18.9 Å². The van der Waals surface area contributed by atoms with Crippen molar-refractivity contribution in [2.45, 2.75) is 117 Å². The number of nitrogens with zero attached hydrogens (tertiary/aromatic N) is 2. The molecule has 240 valence electrons. The minimum absolute atomic E-state index is 0.109. The van der Waals surface area contributed by atoms with Crippen molar-refractivity contribution in [1.82, 2.24) is 9.78 Å². The molecular weight excluding hydrogens is 548 g/mol. The summed E-state index contributed by atoms with van der Waals surface area (Å²) in [5.41, 5.74) is 8.63. The third-order valence-corrected chi connectivity index (χ3v) is 8.51. The molecule has 3 heterocycles. The summed E-state index contributed by atoms with van der Waals surface area (Å²) in [4.78, 5) is 0. The molecular formula is C38H54N2O4. The molecule has 6 nitrogen and oxygen atoms in total. The van der Waals surface area contributed by atoms with Crippen LogP contribution >= 0.6 is 0 Å². The first-order valence-electron chi connectivity index (χ1n) is 16.1. The van der Waals surface area contributed by atoms with E-state index in [1.54, 1.807) is 0 Å². The van der Waals surface area contributed by atoms with Crippen LogP contribution in [0.4, 0.5) is 0 Å². The van der Waals surface area contributed by atoms with Gasteiger partial charge >= 0.3 is 0 Å².